The van der Waals surface area contributed by atoms with Crippen molar-refractivity contribution in [3.8, 4) is 6.07 Å². The van der Waals surface area contributed by atoms with Crippen LogP contribution in [0.3, 0.4) is 0 Å². The van der Waals surface area contributed by atoms with Crippen LogP contribution in [0.5, 0.6) is 0 Å². The number of esters is 1. The van der Waals surface area contributed by atoms with Gasteiger partial charge >= 0.3 is 5.97 Å². The Morgan fingerprint density at radius 1 is 1.60 bits per heavy atom. The summed E-state index contributed by atoms with van der Waals surface area (Å²) in [5.74, 6) is -0.336. The van der Waals surface area contributed by atoms with Crippen LogP contribution in [0.15, 0.2) is 12.1 Å². The normalized spacial score (nSPS) is 9.47. The van der Waals surface area contributed by atoms with Gasteiger partial charge in [0.15, 0.2) is 0 Å². The number of carbonyl (C=O) groups excluding carboxylic acids is 1. The first-order valence-corrected chi connectivity index (χ1v) is 5.55. The van der Waals surface area contributed by atoms with Crippen molar-refractivity contribution in [3.05, 3.63) is 32.4 Å². The zero-order chi connectivity index (χ0) is 11.4. The summed E-state index contributed by atoms with van der Waals surface area (Å²) >= 11 is 2.03. The molecule has 1 aromatic rings. The molecule has 3 nitrogen and oxygen atoms in total. The molecule has 0 aliphatic carbocycles. The lowest BCUT2D eigenvalue weighted by molar-refractivity contribution is 0.0525. The molecule has 0 aliphatic heterocycles. The Balaban J connectivity index is 3.17. The van der Waals surface area contributed by atoms with E-state index in [1.807, 2.05) is 22.6 Å². The zero-order valence-corrected chi connectivity index (χ0v) is 10.7. The van der Waals surface area contributed by atoms with E-state index in [1.165, 1.54) is 0 Å². The maximum atomic E-state index is 11.5. The first kappa shape index (κ1) is 12.0. The molecule has 78 valence electrons. The van der Waals surface area contributed by atoms with Gasteiger partial charge in [0, 0.05) is 3.57 Å². The van der Waals surface area contributed by atoms with Crippen LogP contribution in [0, 0.1) is 21.8 Å². The Bertz CT molecular complexity index is 435. The number of nitriles is 1. The van der Waals surface area contributed by atoms with Crippen LogP contribution in [-0.2, 0) is 4.74 Å². The van der Waals surface area contributed by atoms with Crippen molar-refractivity contribution in [1.82, 2.24) is 0 Å². The van der Waals surface area contributed by atoms with Crippen LogP contribution in [0.4, 0.5) is 0 Å². The van der Waals surface area contributed by atoms with Crippen LogP contribution in [-0.4, -0.2) is 12.6 Å². The van der Waals surface area contributed by atoms with Crippen molar-refractivity contribution in [2.75, 3.05) is 6.61 Å². The fraction of sp³-hybridized carbons (Fsp3) is 0.273. The van der Waals surface area contributed by atoms with Gasteiger partial charge in [0.2, 0.25) is 0 Å². The molecule has 1 rings (SSSR count). The minimum Gasteiger partial charge on any atom is -0.462 e. The van der Waals surface area contributed by atoms with Gasteiger partial charge < -0.3 is 4.74 Å². The van der Waals surface area contributed by atoms with E-state index < -0.39 is 0 Å². The van der Waals surface area contributed by atoms with Crippen molar-refractivity contribution in [1.29, 1.82) is 5.26 Å². The van der Waals surface area contributed by atoms with Gasteiger partial charge in [-0.1, -0.05) is 0 Å². The monoisotopic (exact) mass is 315 g/mol. The number of rotatable bonds is 2. The Morgan fingerprint density at radius 2 is 2.27 bits per heavy atom. The van der Waals surface area contributed by atoms with Gasteiger partial charge in [-0.15, -0.1) is 0 Å². The Labute approximate surface area is 102 Å². The first-order chi connectivity index (χ1) is 7.10. The van der Waals surface area contributed by atoms with Crippen molar-refractivity contribution in [2.45, 2.75) is 13.8 Å². The van der Waals surface area contributed by atoms with Gasteiger partial charge in [-0.2, -0.15) is 5.26 Å². The molecule has 0 radical (unpaired) electrons. The van der Waals surface area contributed by atoms with Crippen LogP contribution < -0.4 is 0 Å². The van der Waals surface area contributed by atoms with Crippen molar-refractivity contribution in [3.63, 3.8) is 0 Å². The topological polar surface area (TPSA) is 50.1 Å². The molecule has 0 aliphatic rings. The lowest BCUT2D eigenvalue weighted by Gasteiger charge is -2.06. The van der Waals surface area contributed by atoms with Gasteiger partial charge in [0.25, 0.3) is 0 Å². The third-order valence-electron chi connectivity index (χ3n) is 1.93. The molecule has 0 bridgehead atoms. The van der Waals surface area contributed by atoms with Crippen molar-refractivity contribution < 1.29 is 9.53 Å². The van der Waals surface area contributed by atoms with E-state index in [2.05, 4.69) is 6.07 Å². The van der Waals surface area contributed by atoms with Gasteiger partial charge in [-0.25, -0.2) is 4.79 Å². The highest BCUT2D eigenvalue weighted by Gasteiger charge is 2.12. The predicted octanol–water partition coefficient (Wildman–Crippen LogP) is 2.65. The molecule has 0 saturated carbocycles. The second-order valence-electron chi connectivity index (χ2n) is 2.98. The number of aryl methyl sites for hydroxylation is 1. The van der Waals surface area contributed by atoms with Gasteiger partial charge in [-0.05, 0) is 54.1 Å². The highest BCUT2D eigenvalue weighted by atomic mass is 127. The van der Waals surface area contributed by atoms with E-state index >= 15 is 0 Å². The molecule has 0 saturated heterocycles. The molecule has 4 heteroatoms. The predicted molar refractivity (Wildman–Crippen MR) is 64.6 cm³/mol. The van der Waals surface area contributed by atoms with Crippen LogP contribution in [0.25, 0.3) is 0 Å². The molecule has 0 heterocycles. The average Bonchev–Trinajstić information content (AvgIpc) is 2.21. The molecule has 0 unspecified atom stereocenters. The second-order valence-corrected chi connectivity index (χ2v) is 4.14. The molecule has 0 amide bonds. The Morgan fingerprint density at radius 3 is 2.80 bits per heavy atom. The average molecular weight is 315 g/mol. The Hall–Kier alpha value is -1.09. The number of benzene rings is 1. The largest absolute Gasteiger partial charge is 0.462 e. The number of halogens is 1. The van der Waals surface area contributed by atoms with Crippen LogP contribution in [0.1, 0.15) is 28.4 Å². The molecule has 1 aromatic carbocycles. The highest BCUT2D eigenvalue weighted by Crippen LogP contribution is 2.18. The molecule has 0 spiro atoms. The molecular weight excluding hydrogens is 305 g/mol. The summed E-state index contributed by atoms with van der Waals surface area (Å²) in [4.78, 5) is 11.5. The smallest absolute Gasteiger partial charge is 0.338 e. The number of hydrogen-bond donors (Lipinski definition) is 0. The minimum atomic E-state index is -0.336. The maximum Gasteiger partial charge on any atom is 0.338 e. The molecule has 15 heavy (non-hydrogen) atoms. The highest BCUT2D eigenvalue weighted by molar-refractivity contribution is 14.1. The van der Waals surface area contributed by atoms with E-state index in [9.17, 15) is 4.79 Å². The fourth-order valence-corrected chi connectivity index (χ4v) is 1.78. The number of carbonyl (C=O) groups is 1. The molecule has 0 aromatic heterocycles. The summed E-state index contributed by atoms with van der Waals surface area (Å²) in [5.41, 5.74) is 1.88. The molecule has 0 N–H and O–H groups in total. The summed E-state index contributed by atoms with van der Waals surface area (Å²) in [6.45, 7) is 3.92. The molecule has 0 atom stereocenters. The zero-order valence-electron chi connectivity index (χ0n) is 8.50. The van der Waals surface area contributed by atoms with Gasteiger partial charge in [0.05, 0.1) is 17.7 Å². The van der Waals surface area contributed by atoms with Crippen molar-refractivity contribution in [2.24, 2.45) is 0 Å². The van der Waals surface area contributed by atoms with E-state index in [0.717, 1.165) is 9.13 Å². The van der Waals surface area contributed by atoms with Gasteiger partial charge in [0.1, 0.15) is 6.07 Å². The SMILES string of the molecule is CCOC(=O)c1cc(I)c(C#N)cc1C. The summed E-state index contributed by atoms with van der Waals surface area (Å²) in [7, 11) is 0. The quantitative estimate of drug-likeness (QED) is 0.623. The number of nitrogens with zero attached hydrogens (tertiary/aromatic N) is 1. The summed E-state index contributed by atoms with van der Waals surface area (Å²) in [6, 6.07) is 5.46. The number of ether oxygens (including phenoxy) is 1. The van der Waals surface area contributed by atoms with E-state index in [1.54, 1.807) is 26.0 Å². The van der Waals surface area contributed by atoms with Crippen LogP contribution >= 0.6 is 22.6 Å². The lowest BCUT2D eigenvalue weighted by Crippen LogP contribution is -2.07. The molecular formula is C11H10INO2. The number of hydrogen-bond acceptors (Lipinski definition) is 3. The first-order valence-electron chi connectivity index (χ1n) is 4.47. The van der Waals surface area contributed by atoms with Gasteiger partial charge in [-0.3, -0.25) is 0 Å². The minimum absolute atomic E-state index is 0.336. The third kappa shape index (κ3) is 2.69. The lowest BCUT2D eigenvalue weighted by atomic mass is 10.1. The maximum absolute atomic E-state index is 11.5. The fourth-order valence-electron chi connectivity index (χ4n) is 1.20. The summed E-state index contributed by atoms with van der Waals surface area (Å²) in [5, 5.41) is 8.80. The van der Waals surface area contributed by atoms with E-state index in [0.29, 0.717) is 17.7 Å². The summed E-state index contributed by atoms with van der Waals surface area (Å²) < 4.78 is 5.68. The van der Waals surface area contributed by atoms with E-state index in [-0.39, 0.29) is 5.97 Å². The summed E-state index contributed by atoms with van der Waals surface area (Å²) in [6.07, 6.45) is 0. The Kier molecular flexibility index (Phi) is 4.09. The molecule has 0 fully saturated rings. The standard InChI is InChI=1S/C11H10INO2/c1-3-15-11(14)9-5-10(12)8(6-13)4-7(9)2/h4-5H,3H2,1-2H3. The second kappa shape index (κ2) is 5.12. The van der Waals surface area contributed by atoms with E-state index in [4.69, 9.17) is 10.00 Å². The van der Waals surface area contributed by atoms with Crippen molar-refractivity contribution >= 4 is 28.6 Å². The van der Waals surface area contributed by atoms with Crippen LogP contribution in [0.2, 0.25) is 0 Å². The third-order valence-corrected chi connectivity index (χ3v) is 2.82.